The minimum atomic E-state index is -4.52. The Morgan fingerprint density at radius 2 is 1.92 bits per heavy atom. The Morgan fingerprint density at radius 3 is 2.31 bits per heavy atom. The minimum Gasteiger partial charge on any atom is -0.744 e. The fourth-order valence-corrected chi connectivity index (χ4v) is 1.71. The van der Waals surface area contributed by atoms with Gasteiger partial charge in [0.05, 0.1) is 15.6 Å². The van der Waals surface area contributed by atoms with Gasteiger partial charge in [-0.05, 0) is 12.1 Å². The second-order valence-corrected chi connectivity index (χ2v) is 3.84. The molecule has 0 saturated heterocycles. The molecule has 1 aromatic carbocycles. The van der Waals surface area contributed by atoms with E-state index >= 15 is 0 Å². The predicted molar refractivity (Wildman–Crippen MR) is 43.8 cm³/mol. The average molecular weight is 230 g/mol. The van der Waals surface area contributed by atoms with Crippen LogP contribution in [0.2, 0.25) is 5.02 Å². The largest absolute Gasteiger partial charge is 1.00 e. The molecule has 1 rings (SSSR count). The number of nitrogens with two attached hydrogens (primary N) is 1. The molecule has 0 saturated carbocycles. The molecule has 4 nitrogen and oxygen atoms in total. The van der Waals surface area contributed by atoms with Gasteiger partial charge in [-0.1, -0.05) is 17.7 Å². The molecule has 66 valence electrons. The van der Waals surface area contributed by atoms with Crippen molar-refractivity contribution in [2.24, 2.45) is 0 Å². The van der Waals surface area contributed by atoms with Crippen LogP contribution < -0.4 is 35.3 Å². The van der Waals surface area contributed by atoms with Gasteiger partial charge in [0.2, 0.25) is 0 Å². The van der Waals surface area contributed by atoms with Gasteiger partial charge in [-0.15, -0.1) is 0 Å². The second kappa shape index (κ2) is 4.63. The standard InChI is InChI=1S/C6H6ClNO3S.Na/c7-6-4(8)2-1-3-5(6)12(9,10)11;/h1-3H,8H2,(H,9,10,11);/q;+1/p-1. The van der Waals surface area contributed by atoms with Crippen molar-refractivity contribution in [2.75, 3.05) is 5.73 Å². The first kappa shape index (κ1) is 13.2. The molecule has 0 aromatic heterocycles. The van der Waals surface area contributed by atoms with Gasteiger partial charge in [0, 0.05) is 0 Å². The quantitative estimate of drug-likeness (QED) is 0.338. The molecule has 7 heteroatoms. The van der Waals surface area contributed by atoms with Crippen LogP contribution in [0.1, 0.15) is 0 Å². The first-order valence-electron chi connectivity index (χ1n) is 2.93. The molecule has 13 heavy (non-hydrogen) atoms. The van der Waals surface area contributed by atoms with E-state index in [1.54, 1.807) is 0 Å². The van der Waals surface area contributed by atoms with Gasteiger partial charge in [0.25, 0.3) is 0 Å². The summed E-state index contributed by atoms with van der Waals surface area (Å²) in [5.74, 6) is 0. The first-order valence-corrected chi connectivity index (χ1v) is 4.71. The van der Waals surface area contributed by atoms with E-state index in [0.29, 0.717) is 0 Å². The molecule has 0 aliphatic heterocycles. The van der Waals surface area contributed by atoms with Crippen LogP contribution in [-0.4, -0.2) is 13.0 Å². The maximum absolute atomic E-state index is 10.5. The van der Waals surface area contributed by atoms with Crippen molar-refractivity contribution >= 4 is 27.4 Å². The minimum absolute atomic E-state index is 0. The Labute approximate surface area is 103 Å². The predicted octanol–water partition coefficient (Wildman–Crippen LogP) is -2.17. The normalized spacial score (nSPS) is 10.6. The third kappa shape index (κ3) is 3.12. The average Bonchev–Trinajstić information content (AvgIpc) is 1.92. The molecular formula is C6H5ClNNaO3S. The van der Waals surface area contributed by atoms with E-state index in [4.69, 9.17) is 17.3 Å². The van der Waals surface area contributed by atoms with Crippen molar-refractivity contribution < 1.29 is 42.5 Å². The summed E-state index contributed by atoms with van der Waals surface area (Å²) in [6, 6.07) is 3.88. The smallest absolute Gasteiger partial charge is 0.744 e. The van der Waals surface area contributed by atoms with Gasteiger partial charge in [-0.25, -0.2) is 8.42 Å². The molecule has 0 radical (unpaired) electrons. The van der Waals surface area contributed by atoms with Crippen LogP contribution in [0.4, 0.5) is 5.69 Å². The fraction of sp³-hybridized carbons (Fsp3) is 0. The van der Waals surface area contributed by atoms with Gasteiger partial charge < -0.3 is 10.3 Å². The SMILES string of the molecule is Nc1cccc(S(=O)(=O)[O-])c1Cl.[Na+]. The molecule has 0 spiro atoms. The van der Waals surface area contributed by atoms with E-state index in [2.05, 4.69) is 0 Å². The number of nitrogen functional groups attached to an aromatic ring is 1. The first-order chi connectivity index (χ1) is 5.43. The van der Waals surface area contributed by atoms with Crippen LogP contribution in [0.5, 0.6) is 0 Å². The molecule has 2 N–H and O–H groups in total. The Hall–Kier alpha value is 0.220. The third-order valence-corrected chi connectivity index (χ3v) is 2.68. The Morgan fingerprint density at radius 1 is 1.38 bits per heavy atom. The maximum Gasteiger partial charge on any atom is 1.00 e. The summed E-state index contributed by atoms with van der Waals surface area (Å²) in [4.78, 5) is -0.482. The van der Waals surface area contributed by atoms with Crippen LogP contribution in [0.15, 0.2) is 23.1 Å². The van der Waals surface area contributed by atoms with Crippen LogP contribution in [0.25, 0.3) is 0 Å². The molecule has 1 aromatic rings. The Kier molecular flexibility index (Phi) is 4.71. The van der Waals surface area contributed by atoms with Crippen molar-refractivity contribution in [3.05, 3.63) is 23.2 Å². The number of anilines is 1. The van der Waals surface area contributed by atoms with E-state index in [1.807, 2.05) is 0 Å². The van der Waals surface area contributed by atoms with Gasteiger partial charge in [0.1, 0.15) is 10.1 Å². The summed E-state index contributed by atoms with van der Waals surface area (Å²) in [5.41, 5.74) is 5.36. The van der Waals surface area contributed by atoms with Gasteiger partial charge >= 0.3 is 29.6 Å². The molecular weight excluding hydrogens is 225 g/mol. The number of hydrogen-bond acceptors (Lipinski definition) is 4. The zero-order valence-corrected chi connectivity index (χ0v) is 10.4. The van der Waals surface area contributed by atoms with Gasteiger partial charge in [-0.2, -0.15) is 0 Å². The Bertz CT molecular complexity index is 406. The molecule has 0 heterocycles. The fourth-order valence-electron chi connectivity index (χ4n) is 0.721. The van der Waals surface area contributed by atoms with Gasteiger partial charge in [-0.3, -0.25) is 0 Å². The molecule has 0 fully saturated rings. The van der Waals surface area contributed by atoms with Crippen LogP contribution in [0, 0.1) is 0 Å². The summed E-state index contributed by atoms with van der Waals surface area (Å²) in [6.45, 7) is 0. The van der Waals surface area contributed by atoms with E-state index in [-0.39, 0.29) is 40.3 Å². The summed E-state index contributed by atoms with van der Waals surface area (Å²) in [7, 11) is -4.52. The second-order valence-electron chi connectivity index (χ2n) is 2.11. The molecule has 0 bridgehead atoms. The molecule has 0 aliphatic carbocycles. The van der Waals surface area contributed by atoms with Crippen molar-refractivity contribution in [1.82, 2.24) is 0 Å². The third-order valence-electron chi connectivity index (χ3n) is 1.26. The molecule has 0 amide bonds. The number of benzene rings is 1. The van der Waals surface area contributed by atoms with E-state index in [1.165, 1.54) is 12.1 Å². The van der Waals surface area contributed by atoms with Crippen molar-refractivity contribution in [3.8, 4) is 0 Å². The van der Waals surface area contributed by atoms with E-state index < -0.39 is 15.0 Å². The monoisotopic (exact) mass is 229 g/mol. The zero-order chi connectivity index (χ0) is 9.35. The zero-order valence-electron chi connectivity index (χ0n) is 6.82. The van der Waals surface area contributed by atoms with Crippen LogP contribution in [-0.2, 0) is 10.1 Å². The van der Waals surface area contributed by atoms with Crippen LogP contribution in [0.3, 0.4) is 0 Å². The topological polar surface area (TPSA) is 83.2 Å². The number of halogens is 1. The summed E-state index contributed by atoms with van der Waals surface area (Å²) in [5, 5.41) is -0.215. The number of hydrogen-bond donors (Lipinski definition) is 1. The Balaban J connectivity index is 0.00000144. The molecule has 0 aliphatic rings. The van der Waals surface area contributed by atoms with Gasteiger partial charge in [0.15, 0.2) is 0 Å². The van der Waals surface area contributed by atoms with Crippen molar-refractivity contribution in [2.45, 2.75) is 4.90 Å². The molecule has 0 unspecified atom stereocenters. The maximum atomic E-state index is 10.5. The molecule has 0 atom stereocenters. The van der Waals surface area contributed by atoms with Crippen molar-refractivity contribution in [3.63, 3.8) is 0 Å². The summed E-state index contributed by atoms with van der Waals surface area (Å²) >= 11 is 5.47. The van der Waals surface area contributed by atoms with Crippen molar-refractivity contribution in [1.29, 1.82) is 0 Å². The summed E-state index contributed by atoms with van der Waals surface area (Å²) in [6.07, 6.45) is 0. The van der Waals surface area contributed by atoms with Crippen LogP contribution >= 0.6 is 11.6 Å². The number of rotatable bonds is 1. The van der Waals surface area contributed by atoms with E-state index in [9.17, 15) is 13.0 Å². The summed E-state index contributed by atoms with van der Waals surface area (Å²) < 4.78 is 31.5. The van der Waals surface area contributed by atoms with E-state index in [0.717, 1.165) is 6.07 Å².